The van der Waals surface area contributed by atoms with Crippen molar-refractivity contribution in [3.63, 3.8) is 0 Å². The fourth-order valence-corrected chi connectivity index (χ4v) is 2.27. The Morgan fingerprint density at radius 1 is 1.10 bits per heavy atom. The molecule has 0 spiro atoms. The van der Waals surface area contributed by atoms with Crippen LogP contribution in [0.2, 0.25) is 5.02 Å². The summed E-state index contributed by atoms with van der Waals surface area (Å²) in [5, 5.41) is 7.46. The molecule has 2 aromatic rings. The van der Waals surface area contributed by atoms with Gasteiger partial charge in [0.1, 0.15) is 17.5 Å². The van der Waals surface area contributed by atoms with Crippen LogP contribution in [0.4, 0.5) is 17.3 Å². The number of aryl methyl sites for hydroxylation is 2. The van der Waals surface area contributed by atoms with E-state index in [1.54, 1.807) is 0 Å². The van der Waals surface area contributed by atoms with E-state index in [-0.39, 0.29) is 0 Å². The second kappa shape index (κ2) is 5.29. The molecule has 1 saturated carbocycles. The average Bonchev–Trinajstić information content (AvgIpc) is 3.16. The normalized spacial score (nSPS) is 14.2. The molecule has 4 nitrogen and oxygen atoms in total. The molecule has 104 valence electrons. The monoisotopic (exact) mass is 288 g/mol. The molecular formula is C15H17ClN4. The highest BCUT2D eigenvalue weighted by atomic mass is 35.5. The van der Waals surface area contributed by atoms with Crippen molar-refractivity contribution < 1.29 is 0 Å². The molecule has 1 fully saturated rings. The second-order valence-corrected chi connectivity index (χ2v) is 5.62. The van der Waals surface area contributed by atoms with Gasteiger partial charge in [0, 0.05) is 22.8 Å². The number of nitrogens with zero attached hydrogens (tertiary/aromatic N) is 2. The van der Waals surface area contributed by atoms with Crippen LogP contribution in [0.25, 0.3) is 0 Å². The molecule has 3 rings (SSSR count). The summed E-state index contributed by atoms with van der Waals surface area (Å²) in [6, 6.07) is 8.28. The lowest BCUT2D eigenvalue weighted by Gasteiger charge is -2.11. The topological polar surface area (TPSA) is 49.8 Å². The number of hydrogen-bond donors (Lipinski definition) is 2. The van der Waals surface area contributed by atoms with Crippen LogP contribution < -0.4 is 10.6 Å². The zero-order valence-electron chi connectivity index (χ0n) is 11.6. The third-order valence-corrected chi connectivity index (χ3v) is 3.45. The van der Waals surface area contributed by atoms with Gasteiger partial charge in [0.15, 0.2) is 0 Å². The van der Waals surface area contributed by atoms with E-state index in [4.69, 9.17) is 11.6 Å². The Labute approximate surface area is 123 Å². The van der Waals surface area contributed by atoms with Gasteiger partial charge in [-0.1, -0.05) is 11.6 Å². The molecule has 1 aliphatic rings. The molecule has 0 saturated heterocycles. The van der Waals surface area contributed by atoms with Crippen LogP contribution >= 0.6 is 11.6 Å². The molecular weight excluding hydrogens is 272 g/mol. The smallest absolute Gasteiger partial charge is 0.136 e. The highest BCUT2D eigenvalue weighted by molar-refractivity contribution is 6.30. The summed E-state index contributed by atoms with van der Waals surface area (Å²) in [6.07, 6.45) is 2.45. The number of anilines is 3. The van der Waals surface area contributed by atoms with E-state index in [0.29, 0.717) is 6.04 Å². The van der Waals surface area contributed by atoms with Gasteiger partial charge in [-0.3, -0.25) is 0 Å². The summed E-state index contributed by atoms with van der Waals surface area (Å²) in [4.78, 5) is 8.83. The lowest BCUT2D eigenvalue weighted by Crippen LogP contribution is -2.06. The highest BCUT2D eigenvalue weighted by Crippen LogP contribution is 2.26. The summed E-state index contributed by atoms with van der Waals surface area (Å²) >= 11 is 5.97. The number of aromatic nitrogens is 2. The maximum atomic E-state index is 5.97. The second-order valence-electron chi connectivity index (χ2n) is 5.19. The standard InChI is InChI=1S/C15H17ClN4/c1-9-7-11(16)3-6-13(9)20-15-8-14(17-10(2)18-15)19-12-4-5-12/h3,6-8,12H,4-5H2,1-2H3,(H2,17,18,19,20). The first-order chi connectivity index (χ1) is 9.60. The van der Waals surface area contributed by atoms with Crippen molar-refractivity contribution >= 4 is 28.9 Å². The van der Waals surface area contributed by atoms with Gasteiger partial charge < -0.3 is 10.6 Å². The van der Waals surface area contributed by atoms with Gasteiger partial charge in [-0.05, 0) is 50.5 Å². The highest BCUT2D eigenvalue weighted by Gasteiger charge is 2.21. The van der Waals surface area contributed by atoms with E-state index >= 15 is 0 Å². The summed E-state index contributed by atoms with van der Waals surface area (Å²) in [6.45, 7) is 3.92. The van der Waals surface area contributed by atoms with Crippen LogP contribution in [0.15, 0.2) is 24.3 Å². The Morgan fingerprint density at radius 3 is 2.55 bits per heavy atom. The minimum atomic E-state index is 0.578. The molecule has 20 heavy (non-hydrogen) atoms. The summed E-state index contributed by atoms with van der Waals surface area (Å²) < 4.78 is 0. The van der Waals surface area contributed by atoms with Crippen molar-refractivity contribution in [1.29, 1.82) is 0 Å². The van der Waals surface area contributed by atoms with Gasteiger partial charge in [0.2, 0.25) is 0 Å². The molecule has 1 heterocycles. The number of benzene rings is 1. The minimum Gasteiger partial charge on any atom is -0.367 e. The fourth-order valence-electron chi connectivity index (χ4n) is 2.05. The summed E-state index contributed by atoms with van der Waals surface area (Å²) in [5.74, 6) is 2.44. The predicted octanol–water partition coefficient (Wildman–Crippen LogP) is 4.06. The molecule has 0 aliphatic heterocycles. The summed E-state index contributed by atoms with van der Waals surface area (Å²) in [7, 11) is 0. The Bertz CT molecular complexity index is 638. The quantitative estimate of drug-likeness (QED) is 0.890. The van der Waals surface area contributed by atoms with Gasteiger partial charge in [0.25, 0.3) is 0 Å². The van der Waals surface area contributed by atoms with Gasteiger partial charge in [0.05, 0.1) is 0 Å². The van der Waals surface area contributed by atoms with Crippen molar-refractivity contribution in [2.75, 3.05) is 10.6 Å². The van der Waals surface area contributed by atoms with Crippen molar-refractivity contribution in [3.8, 4) is 0 Å². The van der Waals surface area contributed by atoms with Gasteiger partial charge in [-0.25, -0.2) is 9.97 Å². The number of halogens is 1. The Kier molecular flexibility index (Phi) is 3.49. The van der Waals surface area contributed by atoms with Crippen LogP contribution in [0.5, 0.6) is 0 Å². The molecule has 0 bridgehead atoms. The lowest BCUT2D eigenvalue weighted by atomic mass is 10.2. The van der Waals surface area contributed by atoms with E-state index < -0.39 is 0 Å². The number of rotatable bonds is 4. The van der Waals surface area contributed by atoms with Crippen molar-refractivity contribution in [3.05, 3.63) is 40.7 Å². The first kappa shape index (κ1) is 13.2. The van der Waals surface area contributed by atoms with Gasteiger partial charge >= 0.3 is 0 Å². The molecule has 1 aliphatic carbocycles. The van der Waals surface area contributed by atoms with E-state index in [0.717, 1.165) is 33.7 Å². The SMILES string of the molecule is Cc1nc(Nc2ccc(Cl)cc2C)cc(NC2CC2)n1. The van der Waals surface area contributed by atoms with Crippen molar-refractivity contribution in [1.82, 2.24) is 9.97 Å². The Morgan fingerprint density at radius 2 is 1.85 bits per heavy atom. The first-order valence-electron chi connectivity index (χ1n) is 6.75. The van der Waals surface area contributed by atoms with Gasteiger partial charge in [-0.15, -0.1) is 0 Å². The van der Waals surface area contributed by atoms with Crippen LogP contribution in [0, 0.1) is 13.8 Å². The van der Waals surface area contributed by atoms with E-state index in [1.807, 2.05) is 38.1 Å². The summed E-state index contributed by atoms with van der Waals surface area (Å²) in [5.41, 5.74) is 2.09. The minimum absolute atomic E-state index is 0.578. The van der Waals surface area contributed by atoms with Crippen LogP contribution in [0.3, 0.4) is 0 Å². The van der Waals surface area contributed by atoms with Crippen LogP contribution in [0.1, 0.15) is 24.2 Å². The third kappa shape index (κ3) is 3.20. The molecule has 0 radical (unpaired) electrons. The molecule has 0 atom stereocenters. The predicted molar refractivity (Wildman–Crippen MR) is 82.9 cm³/mol. The number of nitrogens with one attached hydrogen (secondary N) is 2. The molecule has 1 aromatic heterocycles. The van der Waals surface area contributed by atoms with E-state index in [2.05, 4.69) is 20.6 Å². The third-order valence-electron chi connectivity index (χ3n) is 3.22. The zero-order chi connectivity index (χ0) is 14.1. The van der Waals surface area contributed by atoms with Crippen LogP contribution in [-0.2, 0) is 0 Å². The first-order valence-corrected chi connectivity index (χ1v) is 7.13. The fraction of sp³-hybridized carbons (Fsp3) is 0.333. The largest absolute Gasteiger partial charge is 0.367 e. The Hall–Kier alpha value is -1.81. The average molecular weight is 289 g/mol. The van der Waals surface area contributed by atoms with E-state index in [9.17, 15) is 0 Å². The van der Waals surface area contributed by atoms with Crippen molar-refractivity contribution in [2.45, 2.75) is 32.7 Å². The van der Waals surface area contributed by atoms with Crippen LogP contribution in [-0.4, -0.2) is 16.0 Å². The number of hydrogen-bond acceptors (Lipinski definition) is 4. The maximum absolute atomic E-state index is 5.97. The molecule has 0 unspecified atom stereocenters. The molecule has 1 aromatic carbocycles. The van der Waals surface area contributed by atoms with Gasteiger partial charge in [-0.2, -0.15) is 0 Å². The molecule has 2 N–H and O–H groups in total. The Balaban J connectivity index is 1.83. The molecule has 0 amide bonds. The zero-order valence-corrected chi connectivity index (χ0v) is 12.3. The maximum Gasteiger partial charge on any atom is 0.136 e. The van der Waals surface area contributed by atoms with E-state index in [1.165, 1.54) is 12.8 Å². The lowest BCUT2D eigenvalue weighted by molar-refractivity contribution is 1.02. The molecule has 5 heteroatoms. The van der Waals surface area contributed by atoms with Crippen molar-refractivity contribution in [2.24, 2.45) is 0 Å².